The van der Waals surface area contributed by atoms with Crippen LogP contribution in [0.5, 0.6) is 0 Å². The van der Waals surface area contributed by atoms with E-state index in [1.54, 1.807) is 0 Å². The number of nitrogens with one attached hydrogen (secondary N) is 1. The van der Waals surface area contributed by atoms with E-state index in [0.717, 1.165) is 25.0 Å². The Morgan fingerprint density at radius 1 is 1.21 bits per heavy atom. The average molecular weight is 377 g/mol. The maximum Gasteiger partial charge on any atom is 0.183 e. The lowest BCUT2D eigenvalue weighted by atomic mass is 10.2. The van der Waals surface area contributed by atoms with Gasteiger partial charge in [0.15, 0.2) is 19.7 Å². The second-order valence-corrected chi connectivity index (χ2v) is 10.6. The summed E-state index contributed by atoms with van der Waals surface area (Å²) in [6.07, 6.45) is 1.82. The molecular formula is C15H20FNO5S2. The van der Waals surface area contributed by atoms with Gasteiger partial charge in [-0.2, -0.15) is 0 Å². The average Bonchev–Trinajstić information content (AvgIpc) is 3.13. The van der Waals surface area contributed by atoms with E-state index in [2.05, 4.69) is 5.32 Å². The molecule has 2 aliphatic rings. The summed E-state index contributed by atoms with van der Waals surface area (Å²) in [6.45, 7) is 1.10. The van der Waals surface area contributed by atoms with E-state index in [1.165, 1.54) is 12.1 Å². The molecule has 0 aliphatic carbocycles. The highest BCUT2D eigenvalue weighted by molar-refractivity contribution is 7.96. The van der Waals surface area contributed by atoms with Crippen molar-refractivity contribution in [3.05, 3.63) is 30.1 Å². The number of sulfone groups is 2. The van der Waals surface area contributed by atoms with Gasteiger partial charge < -0.3 is 10.1 Å². The summed E-state index contributed by atoms with van der Waals surface area (Å²) in [7, 11) is -7.32. The molecule has 0 bridgehead atoms. The highest BCUT2D eigenvalue weighted by atomic mass is 32.2. The van der Waals surface area contributed by atoms with Gasteiger partial charge in [0.05, 0.1) is 27.8 Å². The molecule has 0 saturated carbocycles. The van der Waals surface area contributed by atoms with E-state index in [1.807, 2.05) is 0 Å². The molecule has 0 aromatic heterocycles. The van der Waals surface area contributed by atoms with E-state index in [0.29, 0.717) is 13.2 Å². The number of hydrogen-bond donors (Lipinski definition) is 1. The molecule has 3 rings (SSSR count). The van der Waals surface area contributed by atoms with Gasteiger partial charge in [0.25, 0.3) is 0 Å². The van der Waals surface area contributed by atoms with Gasteiger partial charge in [-0.3, -0.25) is 0 Å². The number of halogens is 1. The zero-order valence-corrected chi connectivity index (χ0v) is 14.7. The topological polar surface area (TPSA) is 89.5 Å². The third kappa shape index (κ3) is 3.79. The first-order valence-electron chi connectivity index (χ1n) is 7.83. The zero-order chi connectivity index (χ0) is 17.4. The Balaban J connectivity index is 1.80. The van der Waals surface area contributed by atoms with Crippen molar-refractivity contribution >= 4 is 19.7 Å². The Bertz CT molecular complexity index is 786. The Labute approximate surface area is 141 Å². The van der Waals surface area contributed by atoms with E-state index in [9.17, 15) is 21.2 Å². The van der Waals surface area contributed by atoms with Gasteiger partial charge in [-0.1, -0.05) is 0 Å². The van der Waals surface area contributed by atoms with Gasteiger partial charge in [-0.15, -0.1) is 0 Å². The lowest BCUT2D eigenvalue weighted by molar-refractivity contribution is 0.108. The molecule has 2 fully saturated rings. The number of rotatable bonds is 5. The quantitative estimate of drug-likeness (QED) is 0.753. The van der Waals surface area contributed by atoms with Crippen molar-refractivity contribution in [1.29, 1.82) is 0 Å². The van der Waals surface area contributed by atoms with Gasteiger partial charge >= 0.3 is 0 Å². The van der Waals surface area contributed by atoms with Crippen molar-refractivity contribution in [3.8, 4) is 0 Å². The second kappa shape index (κ2) is 6.70. The number of ether oxygens (including phenoxy) is 1. The Morgan fingerprint density at radius 2 is 1.92 bits per heavy atom. The fourth-order valence-electron chi connectivity index (χ4n) is 3.20. The molecule has 1 N–H and O–H groups in total. The lowest BCUT2D eigenvalue weighted by Gasteiger charge is -2.21. The molecule has 24 heavy (non-hydrogen) atoms. The van der Waals surface area contributed by atoms with Crippen LogP contribution in [0.25, 0.3) is 0 Å². The SMILES string of the molecule is O=S1(=O)C[C@H](NC[C@@H]2CCCO2)[C@@H](S(=O)(=O)c2ccc(F)cc2)C1. The molecular weight excluding hydrogens is 357 g/mol. The second-order valence-electron chi connectivity index (χ2n) is 6.26. The lowest BCUT2D eigenvalue weighted by Crippen LogP contribution is -2.45. The minimum absolute atomic E-state index is 0.0116. The Kier molecular flexibility index (Phi) is 4.96. The summed E-state index contributed by atoms with van der Waals surface area (Å²) in [5, 5.41) is 1.98. The predicted molar refractivity (Wildman–Crippen MR) is 86.8 cm³/mol. The first-order chi connectivity index (χ1) is 11.3. The summed E-state index contributed by atoms with van der Waals surface area (Å²) in [6, 6.07) is 3.78. The number of hydrogen-bond acceptors (Lipinski definition) is 6. The van der Waals surface area contributed by atoms with Crippen LogP contribution < -0.4 is 5.32 Å². The van der Waals surface area contributed by atoms with Crippen LogP contribution >= 0.6 is 0 Å². The normalized spacial score (nSPS) is 29.8. The first-order valence-corrected chi connectivity index (χ1v) is 11.2. The minimum atomic E-state index is -3.87. The molecule has 1 aromatic carbocycles. The molecule has 0 spiro atoms. The van der Waals surface area contributed by atoms with Crippen molar-refractivity contribution < 1.29 is 26.0 Å². The number of benzene rings is 1. The molecule has 2 heterocycles. The van der Waals surface area contributed by atoms with Gasteiger partial charge in [-0.25, -0.2) is 21.2 Å². The summed E-state index contributed by atoms with van der Waals surface area (Å²) in [4.78, 5) is -0.0603. The van der Waals surface area contributed by atoms with Crippen LogP contribution in [-0.2, 0) is 24.4 Å². The smallest absolute Gasteiger partial charge is 0.183 e. The van der Waals surface area contributed by atoms with Gasteiger partial charge in [0, 0.05) is 19.2 Å². The molecule has 0 radical (unpaired) electrons. The van der Waals surface area contributed by atoms with Crippen LogP contribution in [0.1, 0.15) is 12.8 Å². The van der Waals surface area contributed by atoms with Crippen LogP contribution in [0.3, 0.4) is 0 Å². The molecule has 1 aromatic rings. The molecule has 2 saturated heterocycles. The van der Waals surface area contributed by atoms with Crippen LogP contribution in [-0.4, -0.2) is 58.9 Å². The maximum atomic E-state index is 13.0. The highest BCUT2D eigenvalue weighted by Gasteiger charge is 2.45. The van der Waals surface area contributed by atoms with Crippen LogP contribution in [0, 0.1) is 5.82 Å². The fourth-order valence-corrected chi connectivity index (χ4v) is 7.92. The predicted octanol–water partition coefficient (Wildman–Crippen LogP) is 0.534. The Morgan fingerprint density at radius 3 is 2.54 bits per heavy atom. The Hall–Kier alpha value is -1.03. The van der Waals surface area contributed by atoms with E-state index in [-0.39, 0.29) is 16.8 Å². The summed E-state index contributed by atoms with van der Waals surface area (Å²) in [5.41, 5.74) is 0. The highest BCUT2D eigenvalue weighted by Crippen LogP contribution is 2.26. The van der Waals surface area contributed by atoms with E-state index < -0.39 is 42.5 Å². The van der Waals surface area contributed by atoms with Gasteiger partial charge in [-0.05, 0) is 37.1 Å². The standard InChI is InChI=1S/C15H20FNO5S2/c16-11-3-5-13(6-4-11)24(20,21)15-10-23(18,19)9-14(15)17-8-12-2-1-7-22-12/h3-6,12,14-15,17H,1-2,7-10H2/t12-,14-,15-/m0/s1. The van der Waals surface area contributed by atoms with Crippen molar-refractivity contribution in [2.24, 2.45) is 0 Å². The molecule has 2 aliphatic heterocycles. The van der Waals surface area contributed by atoms with Gasteiger partial charge in [0.1, 0.15) is 5.82 Å². The fraction of sp³-hybridized carbons (Fsp3) is 0.600. The summed E-state index contributed by atoms with van der Waals surface area (Å²) >= 11 is 0. The third-order valence-electron chi connectivity index (χ3n) is 4.47. The minimum Gasteiger partial charge on any atom is -0.377 e. The van der Waals surface area contributed by atoms with Crippen LogP contribution in [0.4, 0.5) is 4.39 Å². The third-order valence-corrected chi connectivity index (χ3v) is 8.64. The molecule has 0 unspecified atom stereocenters. The van der Waals surface area contributed by atoms with Crippen LogP contribution in [0.2, 0.25) is 0 Å². The van der Waals surface area contributed by atoms with Crippen molar-refractivity contribution in [1.82, 2.24) is 5.32 Å². The van der Waals surface area contributed by atoms with Crippen molar-refractivity contribution in [2.75, 3.05) is 24.7 Å². The largest absolute Gasteiger partial charge is 0.377 e. The van der Waals surface area contributed by atoms with Gasteiger partial charge in [0.2, 0.25) is 0 Å². The van der Waals surface area contributed by atoms with Crippen molar-refractivity contribution in [3.63, 3.8) is 0 Å². The molecule has 0 amide bonds. The van der Waals surface area contributed by atoms with Crippen LogP contribution in [0.15, 0.2) is 29.2 Å². The molecule has 6 nitrogen and oxygen atoms in total. The van der Waals surface area contributed by atoms with E-state index >= 15 is 0 Å². The maximum absolute atomic E-state index is 13.0. The summed E-state index contributed by atoms with van der Waals surface area (Å²) < 4.78 is 68.0. The summed E-state index contributed by atoms with van der Waals surface area (Å²) in [5.74, 6) is -1.18. The first kappa shape index (κ1) is 17.8. The monoisotopic (exact) mass is 377 g/mol. The van der Waals surface area contributed by atoms with Crippen molar-refractivity contribution in [2.45, 2.75) is 35.1 Å². The molecule has 3 atom stereocenters. The molecule has 9 heteroatoms. The zero-order valence-electron chi connectivity index (χ0n) is 13.0. The molecule has 134 valence electrons. The van der Waals surface area contributed by atoms with E-state index in [4.69, 9.17) is 4.74 Å².